The van der Waals surface area contributed by atoms with E-state index in [9.17, 15) is 35.1 Å². The summed E-state index contributed by atoms with van der Waals surface area (Å²) in [5.74, 6) is -3.85. The predicted octanol–water partition coefficient (Wildman–Crippen LogP) is 9.38. The van der Waals surface area contributed by atoms with Crippen LogP contribution in [-0.2, 0) is 15.6 Å². The van der Waals surface area contributed by atoms with Gasteiger partial charge in [0.15, 0.2) is 6.17 Å². The number of allylic oxidation sites excluding steroid dienone is 1. The zero-order chi connectivity index (χ0) is 27.7. The van der Waals surface area contributed by atoms with Gasteiger partial charge in [0, 0.05) is 0 Å². The summed E-state index contributed by atoms with van der Waals surface area (Å²) in [6, 6.07) is 3.37. The molecule has 1 aromatic rings. The van der Waals surface area contributed by atoms with Crippen molar-refractivity contribution in [2.24, 2.45) is 17.8 Å². The Morgan fingerprint density at radius 2 is 1.53 bits per heavy atom. The molecule has 1 aromatic carbocycles. The molecule has 2 saturated carbocycles. The summed E-state index contributed by atoms with van der Waals surface area (Å²) in [5.41, 5.74) is -0.502. The van der Waals surface area contributed by atoms with Crippen LogP contribution >= 0.6 is 0 Å². The van der Waals surface area contributed by atoms with Gasteiger partial charge in [-0.25, -0.2) is 17.9 Å². The Hall–Kier alpha value is -2.10. The van der Waals surface area contributed by atoms with Crippen LogP contribution < -0.4 is 0 Å². The fraction of sp³-hybridized carbons (Fsp3) is 0.643. The van der Waals surface area contributed by atoms with Gasteiger partial charge in [-0.05, 0) is 98.1 Å². The van der Waals surface area contributed by atoms with Gasteiger partial charge in [0.2, 0.25) is 0 Å². The number of hydrogen-bond acceptors (Lipinski definition) is 2. The molecule has 0 amide bonds. The fourth-order valence-corrected chi connectivity index (χ4v) is 6.15. The summed E-state index contributed by atoms with van der Waals surface area (Å²) in [5, 5.41) is 0. The molecule has 0 radical (unpaired) electrons. The minimum absolute atomic E-state index is 0.0121. The first-order chi connectivity index (χ1) is 17.8. The van der Waals surface area contributed by atoms with E-state index < -0.39 is 41.6 Å². The first-order valence-electron chi connectivity index (χ1n) is 13.2. The molecule has 0 saturated heterocycles. The third kappa shape index (κ3) is 6.72. The predicted molar refractivity (Wildman–Crippen MR) is 125 cm³/mol. The molecular weight excluding hydrogens is 520 g/mol. The van der Waals surface area contributed by atoms with Crippen molar-refractivity contribution in [2.45, 2.75) is 95.1 Å². The van der Waals surface area contributed by atoms with E-state index in [-0.39, 0.29) is 18.1 Å². The van der Waals surface area contributed by atoms with E-state index in [0.717, 1.165) is 49.7 Å². The highest BCUT2D eigenvalue weighted by atomic mass is 19.4. The molecule has 2 fully saturated rings. The van der Waals surface area contributed by atoms with Crippen molar-refractivity contribution in [1.82, 2.24) is 0 Å². The van der Waals surface area contributed by atoms with Crippen molar-refractivity contribution in [3.8, 4) is 0 Å². The second-order valence-electron chi connectivity index (χ2n) is 10.7. The van der Waals surface area contributed by atoms with Crippen molar-refractivity contribution in [1.29, 1.82) is 0 Å². The van der Waals surface area contributed by atoms with Crippen molar-refractivity contribution in [3.05, 3.63) is 59.1 Å². The largest absolute Gasteiger partial charge is 0.525 e. The van der Waals surface area contributed by atoms with E-state index in [0.29, 0.717) is 17.6 Å². The van der Waals surface area contributed by atoms with Gasteiger partial charge < -0.3 is 4.74 Å². The Bertz CT molecular complexity index is 1020. The second-order valence-corrected chi connectivity index (χ2v) is 10.7. The number of rotatable bonds is 7. The molecule has 0 spiro atoms. The summed E-state index contributed by atoms with van der Waals surface area (Å²) in [6.07, 6.45) is -2.38. The van der Waals surface area contributed by atoms with E-state index in [1.165, 1.54) is 38.2 Å². The molecular formula is C28H32F8O2. The minimum atomic E-state index is -5.50. The molecule has 0 bridgehead atoms. The van der Waals surface area contributed by atoms with E-state index in [4.69, 9.17) is 0 Å². The van der Waals surface area contributed by atoms with Crippen molar-refractivity contribution in [2.75, 3.05) is 0 Å². The number of hydrogen-bond donors (Lipinski definition) is 0. The minimum Gasteiger partial charge on any atom is -0.429 e. The molecule has 3 aliphatic carbocycles. The summed E-state index contributed by atoms with van der Waals surface area (Å²) < 4.78 is 117. The average Bonchev–Trinajstić information content (AvgIpc) is 2.85. The maximum Gasteiger partial charge on any atom is 0.525 e. The van der Waals surface area contributed by atoms with Crippen LogP contribution in [0.4, 0.5) is 35.1 Å². The van der Waals surface area contributed by atoms with E-state index >= 15 is 0 Å². The van der Waals surface area contributed by atoms with Crippen LogP contribution in [0.1, 0.15) is 81.8 Å². The molecule has 2 unspecified atom stereocenters. The zero-order valence-corrected chi connectivity index (χ0v) is 21.1. The Kier molecular flexibility index (Phi) is 8.50. The van der Waals surface area contributed by atoms with E-state index in [2.05, 4.69) is 16.4 Å². The van der Waals surface area contributed by atoms with Crippen LogP contribution in [-0.4, -0.2) is 18.4 Å². The highest BCUT2D eigenvalue weighted by Gasteiger charge is 2.50. The van der Waals surface area contributed by atoms with Crippen molar-refractivity contribution < 1.29 is 44.6 Å². The Labute approximate surface area is 217 Å². The Morgan fingerprint density at radius 1 is 0.921 bits per heavy atom. The summed E-state index contributed by atoms with van der Waals surface area (Å²) in [7, 11) is 0. The molecule has 3 aliphatic rings. The van der Waals surface area contributed by atoms with Crippen LogP contribution in [0.3, 0.4) is 0 Å². The molecule has 0 aliphatic heterocycles. The molecule has 212 valence electrons. The van der Waals surface area contributed by atoms with E-state index in [1.54, 1.807) is 0 Å². The number of benzene rings is 1. The number of ether oxygens (including phenoxy) is 2. The molecule has 4 rings (SSSR count). The molecule has 2 nitrogen and oxygen atoms in total. The standard InChI is InChI=1S/C28H32F8O2/c1-2-17-3-5-18(6-4-17)19-7-9-20(10-8-19)21-11-12-23(24(29)15-21)27(32,33)37-22-13-14-26(31,25(30)16-22)38-28(34,35)36/h11-20,25H,2-10H2,1H3. The topological polar surface area (TPSA) is 18.5 Å². The molecule has 10 heteroatoms. The summed E-state index contributed by atoms with van der Waals surface area (Å²) >= 11 is 0. The molecule has 0 N–H and O–H groups in total. The van der Waals surface area contributed by atoms with Crippen LogP contribution in [0.5, 0.6) is 0 Å². The highest BCUT2D eigenvalue weighted by molar-refractivity contribution is 5.31. The molecule has 38 heavy (non-hydrogen) atoms. The molecule has 0 heterocycles. The Balaban J connectivity index is 1.36. The van der Waals surface area contributed by atoms with Gasteiger partial charge in [-0.15, -0.1) is 13.2 Å². The number of halogens is 8. The van der Waals surface area contributed by atoms with Crippen molar-refractivity contribution in [3.63, 3.8) is 0 Å². The lowest BCUT2D eigenvalue weighted by Gasteiger charge is -2.38. The fourth-order valence-electron chi connectivity index (χ4n) is 6.15. The first-order valence-corrected chi connectivity index (χ1v) is 13.2. The third-order valence-electron chi connectivity index (χ3n) is 8.37. The van der Waals surface area contributed by atoms with Gasteiger partial charge in [-0.2, -0.15) is 8.78 Å². The normalized spacial score (nSPS) is 32.7. The van der Waals surface area contributed by atoms with Crippen LogP contribution in [0.2, 0.25) is 0 Å². The maximum absolute atomic E-state index is 14.8. The van der Waals surface area contributed by atoms with Gasteiger partial charge in [-0.1, -0.05) is 32.3 Å². The smallest absolute Gasteiger partial charge is 0.429 e. The zero-order valence-electron chi connectivity index (χ0n) is 21.1. The van der Waals surface area contributed by atoms with Gasteiger partial charge in [0.25, 0.3) is 5.85 Å². The second kappa shape index (κ2) is 11.2. The lowest BCUT2D eigenvalue weighted by Crippen LogP contribution is -2.41. The maximum atomic E-state index is 14.8. The Morgan fingerprint density at radius 3 is 2.05 bits per heavy atom. The monoisotopic (exact) mass is 552 g/mol. The summed E-state index contributed by atoms with van der Waals surface area (Å²) in [4.78, 5) is 0. The lowest BCUT2D eigenvalue weighted by atomic mass is 9.68. The van der Waals surface area contributed by atoms with Crippen LogP contribution in [0.25, 0.3) is 0 Å². The molecule has 0 aromatic heterocycles. The molecule has 2 atom stereocenters. The average molecular weight is 553 g/mol. The lowest BCUT2D eigenvalue weighted by molar-refractivity contribution is -0.388. The SMILES string of the molecule is CCC1CCC(C2CCC(c3ccc(C(F)(F)OC4=CC(F)C(F)(OC(F)(F)F)C=C4)c(F)c3)CC2)CC1. The van der Waals surface area contributed by atoms with Crippen LogP contribution in [0.15, 0.2) is 42.2 Å². The summed E-state index contributed by atoms with van der Waals surface area (Å²) in [6.45, 7) is 2.24. The highest BCUT2D eigenvalue weighted by Crippen LogP contribution is 2.45. The van der Waals surface area contributed by atoms with Crippen LogP contribution in [0, 0.1) is 23.6 Å². The van der Waals surface area contributed by atoms with Crippen molar-refractivity contribution >= 4 is 0 Å². The van der Waals surface area contributed by atoms with Gasteiger partial charge >= 0.3 is 12.5 Å². The third-order valence-corrected chi connectivity index (χ3v) is 8.37. The van der Waals surface area contributed by atoms with Gasteiger partial charge in [0.1, 0.15) is 11.6 Å². The first kappa shape index (κ1) is 28.9. The van der Waals surface area contributed by atoms with E-state index in [1.807, 2.05) is 0 Å². The quantitative estimate of drug-likeness (QED) is 0.314. The van der Waals surface area contributed by atoms with Gasteiger partial charge in [-0.3, -0.25) is 0 Å². The van der Waals surface area contributed by atoms with Gasteiger partial charge in [0.05, 0.1) is 5.56 Å². The number of alkyl halides is 7.